The fourth-order valence-electron chi connectivity index (χ4n) is 2.81. The SMILES string of the molecule is CC(=O)Nc1cc(Nc2nccc(Nc3ccc4[nH]ncc4c3)n2)ccc1C. The molecule has 140 valence electrons. The van der Waals surface area contributed by atoms with Crippen LogP contribution in [-0.2, 0) is 4.79 Å². The lowest BCUT2D eigenvalue weighted by Gasteiger charge is -2.11. The average Bonchev–Trinajstić information content (AvgIpc) is 3.12. The lowest BCUT2D eigenvalue weighted by Crippen LogP contribution is -2.07. The van der Waals surface area contributed by atoms with Gasteiger partial charge in [-0.05, 0) is 48.9 Å². The summed E-state index contributed by atoms with van der Waals surface area (Å²) in [6.45, 7) is 3.42. The summed E-state index contributed by atoms with van der Waals surface area (Å²) in [5, 5.41) is 17.2. The molecule has 0 aliphatic rings. The monoisotopic (exact) mass is 373 g/mol. The third-order valence-electron chi connectivity index (χ3n) is 4.17. The first-order chi connectivity index (χ1) is 13.6. The predicted molar refractivity (Wildman–Crippen MR) is 110 cm³/mol. The van der Waals surface area contributed by atoms with Crippen molar-refractivity contribution in [1.82, 2.24) is 20.2 Å². The zero-order valence-electron chi connectivity index (χ0n) is 15.4. The number of anilines is 5. The Labute approximate surface area is 161 Å². The molecule has 1 amide bonds. The summed E-state index contributed by atoms with van der Waals surface area (Å²) in [6.07, 6.45) is 3.45. The number of carbonyl (C=O) groups excluding carboxylic acids is 1. The van der Waals surface area contributed by atoms with E-state index in [2.05, 4.69) is 36.1 Å². The van der Waals surface area contributed by atoms with Gasteiger partial charge in [-0.2, -0.15) is 10.1 Å². The Morgan fingerprint density at radius 1 is 1.04 bits per heavy atom. The van der Waals surface area contributed by atoms with Crippen molar-refractivity contribution in [3.05, 3.63) is 60.4 Å². The first-order valence-corrected chi connectivity index (χ1v) is 8.75. The minimum atomic E-state index is -0.114. The van der Waals surface area contributed by atoms with Crippen molar-refractivity contribution in [2.24, 2.45) is 0 Å². The summed E-state index contributed by atoms with van der Waals surface area (Å²) < 4.78 is 0. The number of carbonyl (C=O) groups is 1. The van der Waals surface area contributed by atoms with Crippen LogP contribution in [0.1, 0.15) is 12.5 Å². The van der Waals surface area contributed by atoms with Gasteiger partial charge >= 0.3 is 0 Å². The van der Waals surface area contributed by atoms with Crippen LogP contribution in [0.2, 0.25) is 0 Å². The van der Waals surface area contributed by atoms with Gasteiger partial charge in [-0.3, -0.25) is 9.89 Å². The Balaban J connectivity index is 1.53. The average molecular weight is 373 g/mol. The van der Waals surface area contributed by atoms with Crippen LogP contribution in [0.3, 0.4) is 0 Å². The normalized spacial score (nSPS) is 10.6. The van der Waals surface area contributed by atoms with Crippen LogP contribution < -0.4 is 16.0 Å². The van der Waals surface area contributed by atoms with E-state index in [1.807, 2.05) is 43.3 Å². The van der Waals surface area contributed by atoms with E-state index in [9.17, 15) is 4.79 Å². The smallest absolute Gasteiger partial charge is 0.229 e. The van der Waals surface area contributed by atoms with Gasteiger partial charge in [0.05, 0.1) is 11.7 Å². The van der Waals surface area contributed by atoms with Crippen LogP contribution in [0.4, 0.5) is 28.8 Å². The van der Waals surface area contributed by atoms with Crippen LogP contribution in [0.5, 0.6) is 0 Å². The highest BCUT2D eigenvalue weighted by molar-refractivity contribution is 5.90. The number of aromatic amines is 1. The zero-order valence-corrected chi connectivity index (χ0v) is 15.4. The topological polar surface area (TPSA) is 108 Å². The highest BCUT2D eigenvalue weighted by Gasteiger charge is 2.06. The number of rotatable bonds is 5. The summed E-state index contributed by atoms with van der Waals surface area (Å²) in [7, 11) is 0. The molecule has 2 heterocycles. The molecule has 28 heavy (non-hydrogen) atoms. The summed E-state index contributed by atoms with van der Waals surface area (Å²) >= 11 is 0. The van der Waals surface area contributed by atoms with E-state index in [4.69, 9.17) is 0 Å². The number of aromatic nitrogens is 4. The summed E-state index contributed by atoms with van der Waals surface area (Å²) in [5.74, 6) is 0.999. The molecule has 8 nitrogen and oxygen atoms in total. The van der Waals surface area contributed by atoms with Crippen LogP contribution >= 0.6 is 0 Å². The van der Waals surface area contributed by atoms with E-state index in [0.29, 0.717) is 11.8 Å². The van der Waals surface area contributed by atoms with Gasteiger partial charge in [0, 0.05) is 35.6 Å². The number of aryl methyl sites for hydroxylation is 1. The van der Waals surface area contributed by atoms with E-state index in [1.165, 1.54) is 6.92 Å². The molecule has 0 saturated carbocycles. The van der Waals surface area contributed by atoms with Crippen molar-refractivity contribution in [2.45, 2.75) is 13.8 Å². The van der Waals surface area contributed by atoms with Crippen molar-refractivity contribution in [3.8, 4) is 0 Å². The van der Waals surface area contributed by atoms with Crippen LogP contribution in [0.25, 0.3) is 10.9 Å². The molecule has 0 saturated heterocycles. The quantitative estimate of drug-likeness (QED) is 0.419. The predicted octanol–water partition coefficient (Wildman–Crippen LogP) is 4.11. The zero-order chi connectivity index (χ0) is 19.5. The minimum absolute atomic E-state index is 0.114. The molecule has 0 radical (unpaired) electrons. The highest BCUT2D eigenvalue weighted by atomic mass is 16.1. The number of fused-ring (bicyclic) bond motifs is 1. The molecule has 8 heteroatoms. The van der Waals surface area contributed by atoms with Gasteiger partial charge in [0.25, 0.3) is 0 Å². The molecular weight excluding hydrogens is 354 g/mol. The molecule has 4 N–H and O–H groups in total. The van der Waals surface area contributed by atoms with Gasteiger partial charge in [-0.1, -0.05) is 6.07 Å². The second kappa shape index (κ2) is 7.36. The van der Waals surface area contributed by atoms with E-state index in [-0.39, 0.29) is 5.91 Å². The molecule has 0 aliphatic carbocycles. The Hall–Kier alpha value is -3.94. The van der Waals surface area contributed by atoms with Crippen molar-refractivity contribution >= 4 is 45.6 Å². The third kappa shape index (κ3) is 3.90. The molecule has 4 aromatic rings. The summed E-state index contributed by atoms with van der Waals surface area (Å²) in [4.78, 5) is 20.1. The fraction of sp³-hybridized carbons (Fsp3) is 0.100. The lowest BCUT2D eigenvalue weighted by atomic mass is 10.2. The number of amides is 1. The lowest BCUT2D eigenvalue weighted by molar-refractivity contribution is -0.114. The Kier molecular flexibility index (Phi) is 4.59. The Morgan fingerprint density at radius 2 is 1.86 bits per heavy atom. The number of hydrogen-bond donors (Lipinski definition) is 4. The van der Waals surface area contributed by atoms with Crippen LogP contribution in [0, 0.1) is 6.92 Å². The van der Waals surface area contributed by atoms with Gasteiger partial charge in [-0.25, -0.2) is 4.98 Å². The van der Waals surface area contributed by atoms with Crippen molar-refractivity contribution in [3.63, 3.8) is 0 Å². The molecule has 0 bridgehead atoms. The molecule has 0 fully saturated rings. The largest absolute Gasteiger partial charge is 0.340 e. The number of nitrogens with one attached hydrogen (secondary N) is 4. The fourth-order valence-corrected chi connectivity index (χ4v) is 2.81. The second-order valence-corrected chi connectivity index (χ2v) is 6.40. The third-order valence-corrected chi connectivity index (χ3v) is 4.17. The van der Waals surface area contributed by atoms with Gasteiger partial charge in [0.15, 0.2) is 0 Å². The molecule has 2 aromatic carbocycles. The maximum Gasteiger partial charge on any atom is 0.229 e. The number of hydrogen-bond acceptors (Lipinski definition) is 6. The second-order valence-electron chi connectivity index (χ2n) is 6.40. The molecule has 2 aromatic heterocycles. The molecule has 0 atom stereocenters. The van der Waals surface area contributed by atoms with Crippen LogP contribution in [0.15, 0.2) is 54.9 Å². The molecule has 0 spiro atoms. The highest BCUT2D eigenvalue weighted by Crippen LogP contribution is 2.24. The van der Waals surface area contributed by atoms with Crippen molar-refractivity contribution in [2.75, 3.05) is 16.0 Å². The van der Waals surface area contributed by atoms with E-state index >= 15 is 0 Å². The van der Waals surface area contributed by atoms with Crippen LogP contribution in [-0.4, -0.2) is 26.1 Å². The molecule has 4 rings (SSSR count). The number of benzene rings is 2. The molecule has 0 aliphatic heterocycles. The van der Waals surface area contributed by atoms with Gasteiger partial charge < -0.3 is 16.0 Å². The maximum absolute atomic E-state index is 11.3. The maximum atomic E-state index is 11.3. The van der Waals surface area contributed by atoms with Crippen molar-refractivity contribution < 1.29 is 4.79 Å². The minimum Gasteiger partial charge on any atom is -0.340 e. The molecular formula is C20H19N7O. The Morgan fingerprint density at radius 3 is 2.71 bits per heavy atom. The Bertz CT molecular complexity index is 1150. The van der Waals surface area contributed by atoms with E-state index in [1.54, 1.807) is 18.5 Å². The number of H-pyrrole nitrogens is 1. The van der Waals surface area contributed by atoms with Crippen molar-refractivity contribution in [1.29, 1.82) is 0 Å². The van der Waals surface area contributed by atoms with Gasteiger partial charge in [-0.15, -0.1) is 0 Å². The van der Waals surface area contributed by atoms with Gasteiger partial charge in [0.1, 0.15) is 5.82 Å². The summed E-state index contributed by atoms with van der Waals surface area (Å²) in [5.41, 5.74) is 4.39. The van der Waals surface area contributed by atoms with E-state index < -0.39 is 0 Å². The standard InChI is InChI=1S/C20H19N7O/c1-12-3-4-16(10-18(12)23-13(2)28)25-20-21-8-7-19(26-20)24-15-5-6-17-14(9-15)11-22-27-17/h3-11H,1-2H3,(H,22,27)(H,23,28)(H2,21,24,25,26). The van der Waals surface area contributed by atoms with E-state index in [0.717, 1.165) is 33.5 Å². The first kappa shape index (κ1) is 17.5. The number of nitrogens with zero attached hydrogens (tertiary/aromatic N) is 3. The van der Waals surface area contributed by atoms with Gasteiger partial charge in [0.2, 0.25) is 11.9 Å². The summed E-state index contributed by atoms with van der Waals surface area (Å²) in [6, 6.07) is 13.4. The first-order valence-electron chi connectivity index (χ1n) is 8.75. The molecule has 0 unspecified atom stereocenters.